The van der Waals surface area contributed by atoms with Gasteiger partial charge in [-0.1, -0.05) is 24.6 Å². The van der Waals surface area contributed by atoms with Crippen LogP contribution in [-0.4, -0.2) is 18.6 Å². The first kappa shape index (κ1) is 15.7. The van der Waals surface area contributed by atoms with Crippen LogP contribution < -0.4 is 10.2 Å². The molecule has 0 aliphatic carbocycles. The normalized spacial score (nSPS) is 17.6. The molecule has 0 aromatic heterocycles. The number of hydrogen-bond donors (Lipinski definition) is 1. The highest BCUT2D eigenvalue weighted by atomic mass is 35.5. The minimum absolute atomic E-state index is 0.132. The molecule has 1 aliphatic rings. The quantitative estimate of drug-likeness (QED) is 0.885. The van der Waals surface area contributed by atoms with Gasteiger partial charge in [-0.3, -0.25) is 0 Å². The first-order chi connectivity index (χ1) is 9.35. The Morgan fingerprint density at radius 1 is 1.25 bits per heavy atom. The summed E-state index contributed by atoms with van der Waals surface area (Å²) >= 11 is 6.21. The predicted octanol–water partition coefficient (Wildman–Crippen LogP) is 4.46. The molecule has 1 aromatic rings. The highest BCUT2D eigenvalue weighted by Crippen LogP contribution is 2.29. The van der Waals surface area contributed by atoms with E-state index >= 15 is 0 Å². The van der Waals surface area contributed by atoms with E-state index in [0.717, 1.165) is 30.6 Å². The zero-order valence-corrected chi connectivity index (χ0v) is 13.9. The molecule has 0 bridgehead atoms. The number of piperidine rings is 1. The second kappa shape index (κ2) is 6.36. The molecule has 1 aliphatic heterocycles. The fourth-order valence-electron chi connectivity index (χ4n) is 2.59. The molecule has 112 valence electrons. The van der Waals surface area contributed by atoms with E-state index in [9.17, 15) is 0 Å². The van der Waals surface area contributed by atoms with Crippen molar-refractivity contribution in [3.63, 3.8) is 0 Å². The predicted molar refractivity (Wildman–Crippen MR) is 88.7 cm³/mol. The number of halogens is 1. The zero-order valence-electron chi connectivity index (χ0n) is 13.2. The van der Waals surface area contributed by atoms with Crippen molar-refractivity contribution >= 4 is 17.3 Å². The Hall–Kier alpha value is -0.730. The van der Waals surface area contributed by atoms with Gasteiger partial charge < -0.3 is 10.2 Å². The lowest BCUT2D eigenvalue weighted by Crippen LogP contribution is -2.37. The average Bonchev–Trinajstić information content (AvgIpc) is 2.37. The summed E-state index contributed by atoms with van der Waals surface area (Å²) in [5.74, 6) is 0.849. The van der Waals surface area contributed by atoms with E-state index in [4.69, 9.17) is 11.6 Å². The molecule has 1 heterocycles. The molecule has 0 saturated carbocycles. The van der Waals surface area contributed by atoms with Crippen molar-refractivity contribution in [1.29, 1.82) is 0 Å². The van der Waals surface area contributed by atoms with E-state index in [0.29, 0.717) is 0 Å². The Bertz CT molecular complexity index is 443. The fraction of sp³-hybridized carbons (Fsp3) is 0.647. The van der Waals surface area contributed by atoms with E-state index in [1.165, 1.54) is 24.1 Å². The van der Waals surface area contributed by atoms with Gasteiger partial charge in [-0.05, 0) is 57.2 Å². The minimum Gasteiger partial charge on any atom is -0.371 e. The van der Waals surface area contributed by atoms with Gasteiger partial charge >= 0.3 is 0 Å². The molecule has 0 spiro atoms. The highest BCUT2D eigenvalue weighted by molar-refractivity contribution is 6.30. The molecule has 1 saturated heterocycles. The summed E-state index contributed by atoms with van der Waals surface area (Å²) in [5.41, 5.74) is 2.79. The van der Waals surface area contributed by atoms with E-state index in [1.54, 1.807) is 0 Å². The van der Waals surface area contributed by atoms with Crippen molar-refractivity contribution < 1.29 is 0 Å². The molecule has 0 radical (unpaired) electrons. The number of nitrogens with zero attached hydrogens (tertiary/aromatic N) is 1. The van der Waals surface area contributed by atoms with Gasteiger partial charge in [0.05, 0.1) is 0 Å². The highest BCUT2D eigenvalue weighted by Gasteiger charge is 2.19. The molecule has 1 aromatic carbocycles. The van der Waals surface area contributed by atoms with Crippen LogP contribution in [0.5, 0.6) is 0 Å². The standard InChI is InChI=1S/C17H27ClN2/c1-13-7-9-20(10-8-13)16-11-15(18)6-5-14(16)12-19-17(2,3)4/h5-6,11,13,19H,7-10,12H2,1-4H3. The van der Waals surface area contributed by atoms with Crippen molar-refractivity contribution in [2.75, 3.05) is 18.0 Å². The lowest BCUT2D eigenvalue weighted by Gasteiger charge is -2.34. The molecule has 20 heavy (non-hydrogen) atoms. The van der Waals surface area contributed by atoms with Crippen LogP contribution >= 0.6 is 11.6 Å². The fourth-order valence-corrected chi connectivity index (χ4v) is 2.76. The SMILES string of the molecule is CC1CCN(c2cc(Cl)ccc2CNC(C)(C)C)CC1. The van der Waals surface area contributed by atoms with Crippen LogP contribution in [0.15, 0.2) is 18.2 Å². The molecule has 0 unspecified atom stereocenters. The largest absolute Gasteiger partial charge is 0.371 e. The maximum absolute atomic E-state index is 6.21. The number of benzene rings is 1. The Morgan fingerprint density at radius 3 is 2.50 bits per heavy atom. The van der Waals surface area contributed by atoms with Crippen molar-refractivity contribution in [2.24, 2.45) is 5.92 Å². The molecule has 2 nitrogen and oxygen atoms in total. The van der Waals surface area contributed by atoms with Crippen LogP contribution in [-0.2, 0) is 6.54 Å². The zero-order chi connectivity index (χ0) is 14.8. The van der Waals surface area contributed by atoms with Crippen LogP contribution in [0.4, 0.5) is 5.69 Å². The Balaban J connectivity index is 2.15. The lowest BCUT2D eigenvalue weighted by molar-refractivity contribution is 0.420. The van der Waals surface area contributed by atoms with E-state index < -0.39 is 0 Å². The van der Waals surface area contributed by atoms with Crippen LogP contribution in [0.25, 0.3) is 0 Å². The van der Waals surface area contributed by atoms with Crippen LogP contribution in [0.2, 0.25) is 5.02 Å². The van der Waals surface area contributed by atoms with Gasteiger partial charge in [0.25, 0.3) is 0 Å². The Labute approximate surface area is 128 Å². The summed E-state index contributed by atoms with van der Waals surface area (Å²) < 4.78 is 0. The molecule has 1 fully saturated rings. The summed E-state index contributed by atoms with van der Waals surface area (Å²) in [6.45, 7) is 12.1. The number of hydrogen-bond acceptors (Lipinski definition) is 2. The van der Waals surface area contributed by atoms with Crippen LogP contribution in [0, 0.1) is 5.92 Å². The van der Waals surface area contributed by atoms with Crippen molar-refractivity contribution in [2.45, 2.75) is 52.6 Å². The second-order valence-corrected chi connectivity index (χ2v) is 7.48. The maximum Gasteiger partial charge on any atom is 0.0426 e. The molecule has 2 rings (SSSR count). The van der Waals surface area contributed by atoms with Gasteiger partial charge in [0.15, 0.2) is 0 Å². The van der Waals surface area contributed by atoms with Gasteiger partial charge in [-0.15, -0.1) is 0 Å². The first-order valence-corrected chi connectivity index (χ1v) is 8.01. The van der Waals surface area contributed by atoms with E-state index in [-0.39, 0.29) is 5.54 Å². The monoisotopic (exact) mass is 294 g/mol. The second-order valence-electron chi connectivity index (χ2n) is 7.05. The Morgan fingerprint density at radius 2 is 1.90 bits per heavy atom. The van der Waals surface area contributed by atoms with E-state index in [1.807, 2.05) is 6.07 Å². The van der Waals surface area contributed by atoms with Gasteiger partial charge in [-0.25, -0.2) is 0 Å². The number of anilines is 1. The third-order valence-electron chi connectivity index (χ3n) is 3.98. The lowest BCUT2D eigenvalue weighted by atomic mass is 9.98. The summed E-state index contributed by atoms with van der Waals surface area (Å²) in [5, 5.41) is 4.41. The summed E-state index contributed by atoms with van der Waals surface area (Å²) in [4.78, 5) is 2.49. The third kappa shape index (κ3) is 4.39. The first-order valence-electron chi connectivity index (χ1n) is 7.63. The summed E-state index contributed by atoms with van der Waals surface area (Å²) in [6.07, 6.45) is 2.55. The Kier molecular flexibility index (Phi) is 4.98. The van der Waals surface area contributed by atoms with Crippen molar-refractivity contribution in [3.05, 3.63) is 28.8 Å². The summed E-state index contributed by atoms with van der Waals surface area (Å²) in [7, 11) is 0. The van der Waals surface area contributed by atoms with E-state index in [2.05, 4.69) is 50.0 Å². The molecule has 0 atom stereocenters. The van der Waals surface area contributed by atoms with Gasteiger partial charge in [0.1, 0.15) is 0 Å². The van der Waals surface area contributed by atoms with Crippen molar-refractivity contribution in [3.8, 4) is 0 Å². The number of nitrogens with one attached hydrogen (secondary N) is 1. The molecular weight excluding hydrogens is 268 g/mol. The number of rotatable bonds is 3. The maximum atomic E-state index is 6.21. The molecule has 1 N–H and O–H groups in total. The topological polar surface area (TPSA) is 15.3 Å². The third-order valence-corrected chi connectivity index (χ3v) is 4.22. The van der Waals surface area contributed by atoms with Gasteiger partial charge in [0, 0.05) is 35.9 Å². The average molecular weight is 295 g/mol. The van der Waals surface area contributed by atoms with Crippen LogP contribution in [0.1, 0.15) is 46.1 Å². The van der Waals surface area contributed by atoms with Gasteiger partial charge in [-0.2, -0.15) is 0 Å². The summed E-state index contributed by atoms with van der Waals surface area (Å²) in [6, 6.07) is 6.28. The minimum atomic E-state index is 0.132. The molecule has 0 amide bonds. The smallest absolute Gasteiger partial charge is 0.0426 e. The van der Waals surface area contributed by atoms with Crippen molar-refractivity contribution in [1.82, 2.24) is 5.32 Å². The van der Waals surface area contributed by atoms with Crippen LogP contribution in [0.3, 0.4) is 0 Å². The molecular formula is C17H27ClN2. The molecule has 3 heteroatoms. The van der Waals surface area contributed by atoms with Gasteiger partial charge in [0.2, 0.25) is 0 Å².